The molecule has 1 heterocycles. The van der Waals surface area contributed by atoms with Gasteiger partial charge >= 0.3 is 0 Å². The predicted molar refractivity (Wildman–Crippen MR) is 87.3 cm³/mol. The quantitative estimate of drug-likeness (QED) is 0.864. The van der Waals surface area contributed by atoms with Crippen LogP contribution in [-0.2, 0) is 9.53 Å². The Bertz CT molecular complexity index is 573. The molecular formula is C17H24N2O4. The summed E-state index contributed by atoms with van der Waals surface area (Å²) in [7, 11) is 0. The molecule has 1 aliphatic heterocycles. The van der Waals surface area contributed by atoms with Crippen LogP contribution in [0.2, 0.25) is 0 Å². The fraction of sp³-hybridized carbons (Fsp3) is 0.529. The first-order chi connectivity index (χ1) is 10.9. The minimum atomic E-state index is -0.677. The SMILES string of the molecule is CCC(=O)Nc1cccc(C(=O)N2C[C@H](OC(C)C)[C@@H](O)C2)c1. The second-order valence-corrected chi connectivity index (χ2v) is 5.98. The normalized spacial score (nSPS) is 20.8. The van der Waals surface area contributed by atoms with E-state index in [1.807, 2.05) is 13.8 Å². The van der Waals surface area contributed by atoms with E-state index in [1.165, 1.54) is 0 Å². The molecular weight excluding hydrogens is 296 g/mol. The zero-order valence-corrected chi connectivity index (χ0v) is 13.8. The summed E-state index contributed by atoms with van der Waals surface area (Å²) in [5.74, 6) is -0.275. The first-order valence-corrected chi connectivity index (χ1v) is 7.93. The lowest BCUT2D eigenvalue weighted by Crippen LogP contribution is -2.31. The lowest BCUT2D eigenvalue weighted by atomic mass is 10.1. The van der Waals surface area contributed by atoms with Crippen molar-refractivity contribution in [2.75, 3.05) is 18.4 Å². The van der Waals surface area contributed by atoms with Gasteiger partial charge in [-0.3, -0.25) is 9.59 Å². The fourth-order valence-corrected chi connectivity index (χ4v) is 2.57. The number of nitrogens with one attached hydrogen (secondary N) is 1. The van der Waals surface area contributed by atoms with E-state index in [-0.39, 0.29) is 30.6 Å². The molecule has 2 atom stereocenters. The van der Waals surface area contributed by atoms with Crippen LogP contribution in [0.4, 0.5) is 5.69 Å². The molecule has 2 amide bonds. The van der Waals surface area contributed by atoms with Gasteiger partial charge in [0.2, 0.25) is 5.91 Å². The smallest absolute Gasteiger partial charge is 0.254 e. The average molecular weight is 320 g/mol. The molecule has 1 saturated heterocycles. The largest absolute Gasteiger partial charge is 0.388 e. The molecule has 6 heteroatoms. The highest BCUT2D eigenvalue weighted by Crippen LogP contribution is 2.19. The van der Waals surface area contributed by atoms with Crippen LogP contribution in [0.3, 0.4) is 0 Å². The number of β-amino-alcohol motifs (C(OH)–C–C–N with tert-alkyl or cyclic N) is 1. The van der Waals surface area contributed by atoms with E-state index in [0.29, 0.717) is 24.2 Å². The molecule has 1 aliphatic rings. The molecule has 6 nitrogen and oxygen atoms in total. The Kier molecular flexibility index (Phi) is 5.74. The summed E-state index contributed by atoms with van der Waals surface area (Å²) in [6, 6.07) is 6.83. The molecule has 23 heavy (non-hydrogen) atoms. The van der Waals surface area contributed by atoms with Crippen molar-refractivity contribution in [2.24, 2.45) is 0 Å². The molecule has 0 spiro atoms. The Balaban J connectivity index is 2.06. The van der Waals surface area contributed by atoms with Gasteiger partial charge in [0, 0.05) is 30.8 Å². The van der Waals surface area contributed by atoms with Gasteiger partial charge in [-0.2, -0.15) is 0 Å². The summed E-state index contributed by atoms with van der Waals surface area (Å²) in [6.07, 6.45) is -0.659. The molecule has 0 unspecified atom stereocenters. The topological polar surface area (TPSA) is 78.9 Å². The van der Waals surface area contributed by atoms with Crippen LogP contribution >= 0.6 is 0 Å². The van der Waals surface area contributed by atoms with Crippen LogP contribution in [-0.4, -0.2) is 53.2 Å². The first kappa shape index (κ1) is 17.4. The molecule has 126 valence electrons. The van der Waals surface area contributed by atoms with Gasteiger partial charge < -0.3 is 20.1 Å². The number of anilines is 1. The van der Waals surface area contributed by atoms with Gasteiger partial charge in [-0.1, -0.05) is 13.0 Å². The summed E-state index contributed by atoms with van der Waals surface area (Å²) in [6.45, 7) is 6.19. The summed E-state index contributed by atoms with van der Waals surface area (Å²) in [4.78, 5) is 25.6. The Labute approximate surface area is 136 Å². The summed E-state index contributed by atoms with van der Waals surface area (Å²) < 4.78 is 5.63. The molecule has 2 N–H and O–H groups in total. The van der Waals surface area contributed by atoms with E-state index >= 15 is 0 Å². The van der Waals surface area contributed by atoms with Gasteiger partial charge in [-0.15, -0.1) is 0 Å². The van der Waals surface area contributed by atoms with Gasteiger partial charge in [-0.25, -0.2) is 0 Å². The monoisotopic (exact) mass is 320 g/mol. The van der Waals surface area contributed by atoms with Crippen LogP contribution in [0.25, 0.3) is 0 Å². The van der Waals surface area contributed by atoms with Crippen molar-refractivity contribution < 1.29 is 19.4 Å². The van der Waals surface area contributed by atoms with Crippen LogP contribution in [0.5, 0.6) is 0 Å². The number of benzene rings is 1. The van der Waals surface area contributed by atoms with E-state index in [0.717, 1.165) is 0 Å². The van der Waals surface area contributed by atoms with E-state index < -0.39 is 6.10 Å². The molecule has 0 bridgehead atoms. The number of ether oxygens (including phenoxy) is 1. The predicted octanol–water partition coefficient (Wildman–Crippen LogP) is 1.65. The molecule has 0 aromatic heterocycles. The first-order valence-electron chi connectivity index (χ1n) is 7.93. The van der Waals surface area contributed by atoms with Crippen molar-refractivity contribution in [3.05, 3.63) is 29.8 Å². The number of aliphatic hydroxyl groups is 1. The lowest BCUT2D eigenvalue weighted by Gasteiger charge is -2.18. The third kappa shape index (κ3) is 4.53. The number of hydrogen-bond acceptors (Lipinski definition) is 4. The number of nitrogens with zero attached hydrogens (tertiary/aromatic N) is 1. The second-order valence-electron chi connectivity index (χ2n) is 5.98. The summed E-state index contributed by atoms with van der Waals surface area (Å²) in [5, 5.41) is 12.8. The van der Waals surface area contributed by atoms with Gasteiger partial charge in [0.15, 0.2) is 0 Å². The molecule has 1 fully saturated rings. The Morgan fingerprint density at radius 2 is 2.13 bits per heavy atom. The van der Waals surface area contributed by atoms with Crippen molar-refractivity contribution in [1.82, 2.24) is 4.90 Å². The van der Waals surface area contributed by atoms with Crippen LogP contribution in [0.1, 0.15) is 37.6 Å². The summed E-state index contributed by atoms with van der Waals surface area (Å²) in [5.41, 5.74) is 1.08. The highest BCUT2D eigenvalue weighted by molar-refractivity contribution is 5.97. The van der Waals surface area contributed by atoms with E-state index in [1.54, 1.807) is 36.1 Å². The third-order valence-corrected chi connectivity index (χ3v) is 3.69. The zero-order valence-electron chi connectivity index (χ0n) is 13.8. The van der Waals surface area contributed by atoms with Crippen LogP contribution < -0.4 is 5.32 Å². The number of aliphatic hydroxyl groups excluding tert-OH is 1. The highest BCUT2D eigenvalue weighted by Gasteiger charge is 2.35. The van der Waals surface area contributed by atoms with Crippen molar-refractivity contribution in [1.29, 1.82) is 0 Å². The van der Waals surface area contributed by atoms with Gasteiger partial charge in [-0.05, 0) is 32.0 Å². The summed E-state index contributed by atoms with van der Waals surface area (Å²) >= 11 is 0. The molecule has 0 radical (unpaired) electrons. The van der Waals surface area contributed by atoms with E-state index in [9.17, 15) is 14.7 Å². The minimum Gasteiger partial charge on any atom is -0.388 e. The van der Waals surface area contributed by atoms with Crippen LogP contribution in [0.15, 0.2) is 24.3 Å². The highest BCUT2D eigenvalue weighted by atomic mass is 16.5. The lowest BCUT2D eigenvalue weighted by molar-refractivity contribution is -0.115. The van der Waals surface area contributed by atoms with Gasteiger partial charge in [0.1, 0.15) is 6.10 Å². The average Bonchev–Trinajstić information content (AvgIpc) is 2.87. The Morgan fingerprint density at radius 1 is 1.39 bits per heavy atom. The van der Waals surface area contributed by atoms with Crippen molar-refractivity contribution >= 4 is 17.5 Å². The number of carbonyl (C=O) groups is 2. The van der Waals surface area contributed by atoms with E-state index in [4.69, 9.17) is 4.74 Å². The molecule has 2 rings (SSSR count). The maximum absolute atomic E-state index is 12.6. The fourth-order valence-electron chi connectivity index (χ4n) is 2.57. The molecule has 1 aromatic rings. The molecule has 0 saturated carbocycles. The number of amides is 2. The van der Waals surface area contributed by atoms with E-state index in [2.05, 4.69) is 5.32 Å². The van der Waals surface area contributed by atoms with Crippen LogP contribution in [0, 0.1) is 0 Å². The van der Waals surface area contributed by atoms with Gasteiger partial charge in [0.05, 0.1) is 12.2 Å². The third-order valence-electron chi connectivity index (χ3n) is 3.69. The molecule has 0 aliphatic carbocycles. The molecule has 1 aromatic carbocycles. The van der Waals surface area contributed by atoms with Crippen molar-refractivity contribution in [3.63, 3.8) is 0 Å². The van der Waals surface area contributed by atoms with Crippen molar-refractivity contribution in [3.8, 4) is 0 Å². The minimum absolute atomic E-state index is 0.00251. The number of hydrogen-bond donors (Lipinski definition) is 2. The van der Waals surface area contributed by atoms with Crippen molar-refractivity contribution in [2.45, 2.75) is 45.5 Å². The maximum Gasteiger partial charge on any atom is 0.254 e. The maximum atomic E-state index is 12.6. The Morgan fingerprint density at radius 3 is 2.78 bits per heavy atom. The standard InChI is InChI=1S/C17H24N2O4/c1-4-16(21)18-13-7-5-6-12(8-13)17(22)19-9-14(20)15(10-19)23-11(2)3/h5-8,11,14-15,20H,4,9-10H2,1-3H3,(H,18,21)/t14-,15-/m0/s1. The number of rotatable bonds is 5. The number of carbonyl (C=O) groups excluding carboxylic acids is 2. The number of likely N-dealkylation sites (tertiary alicyclic amines) is 1. The Hall–Kier alpha value is -1.92. The second kappa shape index (κ2) is 7.57. The zero-order chi connectivity index (χ0) is 17.0. The van der Waals surface area contributed by atoms with Gasteiger partial charge in [0.25, 0.3) is 5.91 Å².